The first kappa shape index (κ1) is 16.6. The van der Waals surface area contributed by atoms with Crippen molar-refractivity contribution in [2.45, 2.75) is 17.7 Å². The van der Waals surface area contributed by atoms with Crippen molar-refractivity contribution in [2.75, 3.05) is 0 Å². The van der Waals surface area contributed by atoms with E-state index >= 15 is 0 Å². The molecule has 2 unspecified atom stereocenters. The summed E-state index contributed by atoms with van der Waals surface area (Å²) in [6.07, 6.45) is 0. The summed E-state index contributed by atoms with van der Waals surface area (Å²) in [4.78, 5) is 22.5. The third-order valence-electron chi connectivity index (χ3n) is 2.47. The number of halogens is 3. The Labute approximate surface area is 125 Å². The van der Waals surface area contributed by atoms with Crippen molar-refractivity contribution in [3.05, 3.63) is 35.9 Å². The van der Waals surface area contributed by atoms with Crippen LogP contribution in [0, 0.1) is 0 Å². The molecule has 1 amide bonds. The molecule has 0 radical (unpaired) electrons. The predicted molar refractivity (Wildman–Crippen MR) is 77.7 cm³/mol. The number of hydrogen-bond acceptors (Lipinski definition) is 2. The molecule has 0 spiro atoms. The quantitative estimate of drug-likeness (QED) is 0.766. The second-order valence-electron chi connectivity index (χ2n) is 3.95. The van der Waals surface area contributed by atoms with Gasteiger partial charge >= 0.3 is 126 Å². The molecule has 0 fully saturated rings. The number of benzene rings is 1. The van der Waals surface area contributed by atoms with Crippen molar-refractivity contribution in [3.63, 3.8) is 0 Å². The van der Waals surface area contributed by atoms with Gasteiger partial charge in [0.15, 0.2) is 0 Å². The van der Waals surface area contributed by atoms with Crippen molar-refractivity contribution in [1.29, 1.82) is 0 Å². The third-order valence-corrected chi connectivity index (χ3v) is 9.01. The second-order valence-corrected chi connectivity index (χ2v) is 19.8. The molecule has 1 aromatic rings. The number of carboxylic acid groups (broad SMARTS) is 1. The summed E-state index contributed by atoms with van der Waals surface area (Å²) in [5.74, 6) is -1.70. The Balaban J connectivity index is 3.22. The van der Waals surface area contributed by atoms with Crippen molar-refractivity contribution in [1.82, 2.24) is 5.32 Å². The Morgan fingerprint density at radius 2 is 1.74 bits per heavy atom. The molecule has 2 N–H and O–H groups in total. The van der Waals surface area contributed by atoms with Crippen molar-refractivity contribution in [3.8, 4) is 0 Å². The molecule has 4 nitrogen and oxygen atoms in total. The van der Waals surface area contributed by atoms with Gasteiger partial charge in [0.2, 0.25) is 0 Å². The molecule has 0 aromatic heterocycles. The van der Waals surface area contributed by atoms with Crippen LogP contribution in [0.5, 0.6) is 0 Å². The van der Waals surface area contributed by atoms with Gasteiger partial charge in [0.1, 0.15) is 0 Å². The van der Waals surface area contributed by atoms with E-state index in [-0.39, 0.29) is 0 Å². The van der Waals surface area contributed by atoms with Gasteiger partial charge in [-0.2, -0.15) is 0 Å². The number of rotatable bonds is 5. The van der Waals surface area contributed by atoms with E-state index in [1.165, 1.54) is 6.92 Å². The maximum absolute atomic E-state index is 11.3. The summed E-state index contributed by atoms with van der Waals surface area (Å²) in [5.41, 5.74) is 0.601. The van der Waals surface area contributed by atoms with Crippen LogP contribution in [0.2, 0.25) is 0 Å². The summed E-state index contributed by atoms with van der Waals surface area (Å²) < 4.78 is -0.812. The van der Waals surface area contributed by atoms with E-state index in [4.69, 9.17) is 30.0 Å². The van der Waals surface area contributed by atoms with Crippen molar-refractivity contribution in [2.24, 2.45) is 0 Å². The molecule has 8 heteroatoms. The van der Waals surface area contributed by atoms with Gasteiger partial charge in [-0.05, 0) is 0 Å². The first-order valence-electron chi connectivity index (χ1n) is 5.35. The normalized spacial score (nSPS) is 14.5. The zero-order valence-electron chi connectivity index (χ0n) is 9.94. The molecule has 0 heterocycles. The molecule has 0 aliphatic heterocycles. The van der Waals surface area contributed by atoms with Gasteiger partial charge in [0, 0.05) is 0 Å². The van der Waals surface area contributed by atoms with Crippen LogP contribution in [0.15, 0.2) is 30.3 Å². The second kappa shape index (κ2) is 6.84. The number of aliphatic carboxylic acids is 1. The van der Waals surface area contributed by atoms with Gasteiger partial charge in [-0.3, -0.25) is 0 Å². The summed E-state index contributed by atoms with van der Waals surface area (Å²) in [6, 6.07) is 7.37. The average Bonchev–Trinajstić information content (AvgIpc) is 2.27. The Morgan fingerprint density at radius 1 is 1.21 bits per heavy atom. The standard InChI is InChI=1S/C11H12Cl3GeNO3/c1-7(17)16-10(11(18)19)9(15(12,13)14)8-5-3-2-4-6-8/h2-6,9-10H,1H3,(H,16,17)(H,18,19). The van der Waals surface area contributed by atoms with Crippen LogP contribution in [0.3, 0.4) is 0 Å². The SMILES string of the molecule is CC(=O)NC(C(=O)O)[CH](c1ccccc1)[Ge]([Cl])([Cl])[Cl]. The fourth-order valence-corrected chi connectivity index (χ4v) is 8.13. The van der Waals surface area contributed by atoms with E-state index in [1.807, 2.05) is 0 Å². The summed E-state index contributed by atoms with van der Waals surface area (Å²) in [7, 11) is 14.2. The minimum atomic E-state index is -3.93. The molecule has 104 valence electrons. The minimum absolute atomic E-state index is 0.481. The molecule has 1 aromatic carbocycles. The van der Waals surface area contributed by atoms with Gasteiger partial charge in [-0.1, -0.05) is 0 Å². The predicted octanol–water partition coefficient (Wildman–Crippen LogP) is 2.55. The maximum atomic E-state index is 11.3. The number of amides is 1. The third kappa shape index (κ3) is 4.87. The van der Waals surface area contributed by atoms with Gasteiger partial charge < -0.3 is 0 Å². The van der Waals surface area contributed by atoms with E-state index in [2.05, 4.69) is 5.32 Å². The number of carboxylic acids is 1. The van der Waals surface area contributed by atoms with Crippen LogP contribution in [-0.2, 0) is 9.59 Å². The van der Waals surface area contributed by atoms with Gasteiger partial charge in [-0.25, -0.2) is 0 Å². The molecule has 0 aliphatic carbocycles. The Kier molecular flexibility index (Phi) is 5.98. The van der Waals surface area contributed by atoms with Crippen LogP contribution >= 0.6 is 30.0 Å². The number of carbonyl (C=O) groups excluding carboxylic acids is 1. The van der Waals surface area contributed by atoms with Crippen LogP contribution in [0.1, 0.15) is 17.2 Å². The summed E-state index contributed by atoms with van der Waals surface area (Å²) in [6.45, 7) is 1.23. The number of hydrogen-bond donors (Lipinski definition) is 2. The van der Waals surface area contributed by atoms with E-state index < -0.39 is 33.1 Å². The Bertz CT molecular complexity index is 464. The van der Waals surface area contributed by atoms with Gasteiger partial charge in [-0.15, -0.1) is 0 Å². The van der Waals surface area contributed by atoms with Crippen LogP contribution in [0.25, 0.3) is 0 Å². The van der Waals surface area contributed by atoms with Gasteiger partial charge in [0.05, 0.1) is 0 Å². The average molecular weight is 385 g/mol. The molecule has 0 bridgehead atoms. The molecule has 1 rings (SSSR count). The van der Waals surface area contributed by atoms with E-state index in [1.54, 1.807) is 30.3 Å². The first-order valence-corrected chi connectivity index (χ1v) is 14.8. The molecular weight excluding hydrogens is 373 g/mol. The summed E-state index contributed by atoms with van der Waals surface area (Å²) >= 11 is 0. The van der Waals surface area contributed by atoms with Crippen molar-refractivity contribution < 1.29 is 14.7 Å². The Morgan fingerprint density at radius 3 is 2.11 bits per heavy atom. The zero-order valence-corrected chi connectivity index (χ0v) is 14.3. The topological polar surface area (TPSA) is 66.4 Å². The summed E-state index contributed by atoms with van der Waals surface area (Å²) in [5, 5.41) is 11.6. The van der Waals surface area contributed by atoms with Crippen LogP contribution < -0.4 is 5.32 Å². The van der Waals surface area contributed by atoms with E-state index in [0.29, 0.717) is 5.56 Å². The van der Waals surface area contributed by atoms with Crippen molar-refractivity contribution >= 4 is 52.4 Å². The zero-order chi connectivity index (χ0) is 14.6. The molecule has 2 atom stereocenters. The fourth-order valence-electron chi connectivity index (χ4n) is 1.74. The molecule has 0 saturated carbocycles. The van der Waals surface area contributed by atoms with E-state index in [0.717, 1.165) is 0 Å². The fraction of sp³-hybridized carbons (Fsp3) is 0.273. The first-order chi connectivity index (χ1) is 8.73. The van der Waals surface area contributed by atoms with Crippen LogP contribution in [0.4, 0.5) is 0 Å². The molecule has 0 saturated heterocycles. The number of carbonyl (C=O) groups is 2. The molecule has 0 aliphatic rings. The monoisotopic (exact) mass is 385 g/mol. The Hall–Kier alpha value is -0.427. The van der Waals surface area contributed by atoms with Crippen LogP contribution in [-0.4, -0.2) is 33.5 Å². The van der Waals surface area contributed by atoms with Gasteiger partial charge in [0.25, 0.3) is 0 Å². The number of nitrogens with one attached hydrogen (secondary N) is 1. The molecule has 19 heavy (non-hydrogen) atoms. The van der Waals surface area contributed by atoms with E-state index in [9.17, 15) is 14.7 Å². The molecular formula is C11H12Cl3GeNO3.